The maximum absolute atomic E-state index is 13.7. The Bertz CT molecular complexity index is 1690. The molecule has 5 rings (SSSR count). The highest BCUT2D eigenvalue weighted by atomic mass is 35.5. The highest BCUT2D eigenvalue weighted by Crippen LogP contribution is 2.37. The number of anilines is 3. The third-order valence-electron chi connectivity index (χ3n) is 6.05. The van der Waals surface area contributed by atoms with E-state index in [4.69, 9.17) is 23.2 Å². The molecule has 192 valence electrons. The van der Waals surface area contributed by atoms with Gasteiger partial charge in [0.05, 0.1) is 51.2 Å². The van der Waals surface area contributed by atoms with Gasteiger partial charge in [-0.25, -0.2) is 14.1 Å². The van der Waals surface area contributed by atoms with Gasteiger partial charge in [0.2, 0.25) is 0 Å². The highest BCUT2D eigenvalue weighted by molar-refractivity contribution is 6.36. The van der Waals surface area contributed by atoms with E-state index >= 15 is 0 Å². The molecule has 5 aromatic rings. The van der Waals surface area contributed by atoms with Crippen LogP contribution < -0.4 is 10.6 Å². The molecule has 12 heteroatoms. The average Bonchev–Trinajstić information content (AvgIpc) is 3.55. The summed E-state index contributed by atoms with van der Waals surface area (Å²) in [4.78, 5) is 8.67. The number of hydrogen-bond acceptors (Lipinski definition) is 7. The number of aromatic nitrogens is 6. The number of nitriles is 1. The Labute approximate surface area is 227 Å². The first-order valence-electron chi connectivity index (χ1n) is 11.6. The van der Waals surface area contributed by atoms with E-state index in [9.17, 15) is 9.65 Å². The van der Waals surface area contributed by atoms with Crippen molar-refractivity contribution in [2.75, 3.05) is 10.6 Å². The monoisotopic (exact) mass is 549 g/mol. The largest absolute Gasteiger partial charge is 0.371 e. The fourth-order valence-corrected chi connectivity index (χ4v) is 4.52. The summed E-state index contributed by atoms with van der Waals surface area (Å²) in [6.45, 7) is 4.05. The Morgan fingerprint density at radius 2 is 1.87 bits per heavy atom. The molecule has 1 unspecified atom stereocenters. The van der Waals surface area contributed by atoms with Crippen LogP contribution in [0.15, 0.2) is 55.2 Å². The van der Waals surface area contributed by atoms with E-state index in [-0.39, 0.29) is 16.6 Å². The van der Waals surface area contributed by atoms with Gasteiger partial charge in [-0.1, -0.05) is 28.4 Å². The molecule has 0 saturated carbocycles. The SMILES string of the molecule is CC(C)n1cc(C(Nc2cc(Cl)c3ncc(C#N)c(Nc4ccc(F)c(Cl)c4)c3c2)c2cncn2C)nn1. The van der Waals surface area contributed by atoms with Crippen LogP contribution in [0.5, 0.6) is 0 Å². The van der Waals surface area contributed by atoms with Crippen LogP contribution in [0.4, 0.5) is 21.5 Å². The maximum Gasteiger partial charge on any atom is 0.141 e. The van der Waals surface area contributed by atoms with Gasteiger partial charge in [-0.3, -0.25) is 4.98 Å². The molecule has 0 aliphatic rings. The predicted octanol–water partition coefficient (Wildman–Crippen LogP) is 6.40. The molecule has 0 aliphatic carbocycles. The van der Waals surface area contributed by atoms with Crippen LogP contribution in [-0.4, -0.2) is 29.5 Å². The van der Waals surface area contributed by atoms with E-state index in [1.165, 1.54) is 24.4 Å². The van der Waals surface area contributed by atoms with Crippen molar-refractivity contribution in [1.82, 2.24) is 29.5 Å². The molecule has 9 nitrogen and oxygen atoms in total. The van der Waals surface area contributed by atoms with Gasteiger partial charge in [0.1, 0.15) is 23.6 Å². The lowest BCUT2D eigenvalue weighted by molar-refractivity contribution is 0.514. The number of aryl methyl sites for hydroxylation is 1. The standard InChI is InChI=1S/C26H22Cl2FN9/c1-14(2)38-12-22(35-36-38)26(23-11-31-13-37(23)3)34-17-6-18-24(33-16-4-5-21(29)19(27)7-16)15(9-30)10-32-25(18)20(28)8-17/h4-8,10-14,26,34H,1-3H3,(H,32,33). The molecule has 0 bridgehead atoms. The average molecular weight is 550 g/mol. The quantitative estimate of drug-likeness (QED) is 0.241. The van der Waals surface area contributed by atoms with Gasteiger partial charge in [-0.2, -0.15) is 5.26 Å². The fourth-order valence-electron chi connectivity index (χ4n) is 4.07. The number of hydrogen-bond donors (Lipinski definition) is 2. The van der Waals surface area contributed by atoms with Gasteiger partial charge < -0.3 is 15.2 Å². The molecule has 0 saturated heterocycles. The minimum Gasteiger partial charge on any atom is -0.371 e. The Morgan fingerprint density at radius 3 is 2.53 bits per heavy atom. The minimum absolute atomic E-state index is 0.0410. The minimum atomic E-state index is -0.539. The van der Waals surface area contributed by atoms with E-state index in [0.29, 0.717) is 38.7 Å². The highest BCUT2D eigenvalue weighted by Gasteiger charge is 2.23. The van der Waals surface area contributed by atoms with E-state index in [0.717, 1.165) is 5.69 Å². The molecule has 2 N–H and O–H groups in total. The number of fused-ring (bicyclic) bond motifs is 1. The molecule has 2 aromatic carbocycles. The normalized spacial score (nSPS) is 12.1. The van der Waals surface area contributed by atoms with Crippen LogP contribution in [0, 0.1) is 17.1 Å². The van der Waals surface area contributed by atoms with Gasteiger partial charge in [0.25, 0.3) is 0 Å². The first kappa shape index (κ1) is 25.4. The van der Waals surface area contributed by atoms with Crippen LogP contribution in [0.3, 0.4) is 0 Å². The van der Waals surface area contributed by atoms with Crippen molar-refractivity contribution in [3.8, 4) is 6.07 Å². The van der Waals surface area contributed by atoms with Crippen molar-refractivity contribution in [1.29, 1.82) is 5.26 Å². The van der Waals surface area contributed by atoms with Gasteiger partial charge in [-0.05, 0) is 44.2 Å². The summed E-state index contributed by atoms with van der Waals surface area (Å²) in [7, 11) is 1.90. The van der Waals surface area contributed by atoms with Crippen molar-refractivity contribution in [2.24, 2.45) is 7.05 Å². The van der Waals surface area contributed by atoms with Crippen molar-refractivity contribution in [3.05, 3.63) is 88.1 Å². The van der Waals surface area contributed by atoms with Gasteiger partial charge in [-0.15, -0.1) is 5.10 Å². The zero-order valence-electron chi connectivity index (χ0n) is 20.6. The number of benzene rings is 2. The van der Waals surface area contributed by atoms with E-state index in [2.05, 4.69) is 37.0 Å². The Kier molecular flexibility index (Phi) is 6.89. The molecule has 3 aromatic heterocycles. The van der Waals surface area contributed by atoms with Crippen LogP contribution in [0.2, 0.25) is 10.0 Å². The van der Waals surface area contributed by atoms with Crippen LogP contribution in [-0.2, 0) is 7.05 Å². The van der Waals surface area contributed by atoms with Crippen LogP contribution >= 0.6 is 23.2 Å². The van der Waals surface area contributed by atoms with Crippen molar-refractivity contribution >= 4 is 51.2 Å². The van der Waals surface area contributed by atoms with Gasteiger partial charge in [0.15, 0.2) is 0 Å². The Morgan fingerprint density at radius 1 is 1.08 bits per heavy atom. The molecular weight excluding hydrogens is 528 g/mol. The number of nitrogens with zero attached hydrogens (tertiary/aromatic N) is 7. The third-order valence-corrected chi connectivity index (χ3v) is 6.63. The smallest absolute Gasteiger partial charge is 0.141 e. The summed E-state index contributed by atoms with van der Waals surface area (Å²) in [6, 6.07) is 9.74. The Hall–Kier alpha value is -4.20. The molecule has 3 heterocycles. The van der Waals surface area contributed by atoms with E-state index < -0.39 is 11.9 Å². The third kappa shape index (κ3) is 4.86. The second-order valence-corrected chi connectivity index (χ2v) is 9.81. The number of nitrogens with one attached hydrogen (secondary N) is 2. The summed E-state index contributed by atoms with van der Waals surface area (Å²) in [5.74, 6) is -0.539. The fraction of sp³-hybridized carbons (Fsp3) is 0.192. The summed E-state index contributed by atoms with van der Waals surface area (Å²) < 4.78 is 17.4. The lowest BCUT2D eigenvalue weighted by Crippen LogP contribution is -2.16. The van der Waals surface area contributed by atoms with Crippen LogP contribution in [0.25, 0.3) is 10.9 Å². The lowest BCUT2D eigenvalue weighted by Gasteiger charge is -2.20. The zero-order valence-corrected chi connectivity index (χ0v) is 22.1. The topological polar surface area (TPSA) is 109 Å². The second-order valence-electron chi connectivity index (χ2n) is 8.99. The summed E-state index contributed by atoms with van der Waals surface area (Å²) in [5, 5.41) is 26.1. The maximum atomic E-state index is 13.7. The summed E-state index contributed by atoms with van der Waals surface area (Å²) >= 11 is 12.7. The zero-order chi connectivity index (χ0) is 27.0. The molecule has 0 fully saturated rings. The molecule has 1 atom stereocenters. The van der Waals surface area contributed by atoms with Gasteiger partial charge in [0, 0.05) is 36.0 Å². The molecule has 0 spiro atoms. The molecule has 38 heavy (non-hydrogen) atoms. The number of rotatable bonds is 7. The molecule has 0 radical (unpaired) electrons. The second kappa shape index (κ2) is 10.3. The van der Waals surface area contributed by atoms with Crippen molar-refractivity contribution in [2.45, 2.75) is 25.9 Å². The predicted molar refractivity (Wildman–Crippen MR) is 145 cm³/mol. The number of halogens is 3. The number of imidazole rings is 1. The van der Waals surface area contributed by atoms with E-state index in [1.54, 1.807) is 23.3 Å². The van der Waals surface area contributed by atoms with Crippen molar-refractivity contribution < 1.29 is 4.39 Å². The first-order valence-corrected chi connectivity index (χ1v) is 12.4. The summed E-state index contributed by atoms with van der Waals surface area (Å²) in [5.41, 5.74) is 3.97. The Balaban J connectivity index is 1.61. The van der Waals surface area contributed by atoms with Gasteiger partial charge >= 0.3 is 0 Å². The van der Waals surface area contributed by atoms with Crippen LogP contribution in [0.1, 0.15) is 42.9 Å². The van der Waals surface area contributed by atoms with Crippen molar-refractivity contribution in [3.63, 3.8) is 0 Å². The number of pyridine rings is 1. The molecular formula is C26H22Cl2FN9. The first-order chi connectivity index (χ1) is 18.2. The van der Waals surface area contributed by atoms with E-state index in [1.807, 2.05) is 37.7 Å². The molecule has 0 amide bonds. The summed E-state index contributed by atoms with van der Waals surface area (Å²) in [6.07, 6.45) is 6.80. The molecule has 0 aliphatic heterocycles. The lowest BCUT2D eigenvalue weighted by atomic mass is 10.1.